The molecule has 2 aliphatic heterocycles. The van der Waals surface area contributed by atoms with Crippen LogP contribution in [-0.2, 0) is 22.1 Å². The summed E-state index contributed by atoms with van der Waals surface area (Å²) in [5.41, 5.74) is 0.834. The highest BCUT2D eigenvalue weighted by Crippen LogP contribution is 2.40. The van der Waals surface area contributed by atoms with Crippen molar-refractivity contribution >= 4 is 23.8 Å². The number of aromatic nitrogens is 2. The molecule has 0 saturated carbocycles. The maximum atomic E-state index is 14.4. The number of nitrogens with one attached hydrogen (secondary N) is 1. The van der Waals surface area contributed by atoms with Crippen molar-refractivity contribution in [1.82, 2.24) is 20.4 Å². The summed E-state index contributed by atoms with van der Waals surface area (Å²) < 4.78 is 65.2. The van der Waals surface area contributed by atoms with Gasteiger partial charge >= 0.3 is 18.4 Å². The third-order valence-electron chi connectivity index (χ3n) is 8.57. The number of ether oxygens (including phenoxy) is 3. The lowest BCUT2D eigenvalue weighted by Crippen LogP contribution is -2.46. The standard InChI is InChI=1S/C40H49F3N6O6/c1-8-22-48-28(16-11-15-26-14-9-10-18-30(26)48)17-13-24-52-32-21-20-27(25-29(32)40(41,42)43)33-44-34(55-47-33)31-19-12-23-49(31)35(45-36(50)53-38(2,3)4)46-37(51)54-39(5,6)7/h8-10,14,16,18,20-21,25,31H,1,11-13,15,17,19,22-24H2,2-7H3,(H,45,46,50,51)/t31-/m0/s1. The number of guanidine groups is 1. The van der Waals surface area contributed by atoms with Crippen LogP contribution < -0.4 is 15.0 Å². The number of carbonyl (C=O) groups is 2. The predicted molar refractivity (Wildman–Crippen MR) is 202 cm³/mol. The normalized spacial score (nSPS) is 16.6. The molecule has 2 aliphatic rings. The molecule has 0 bridgehead atoms. The highest BCUT2D eigenvalue weighted by Gasteiger charge is 2.37. The molecule has 1 fully saturated rings. The van der Waals surface area contributed by atoms with E-state index in [9.17, 15) is 22.8 Å². The first-order valence-electron chi connectivity index (χ1n) is 18.3. The number of alkyl carbamates (subject to hydrolysis) is 1. The van der Waals surface area contributed by atoms with Crippen molar-refractivity contribution in [2.45, 2.75) is 103 Å². The first-order valence-corrected chi connectivity index (χ1v) is 18.3. The maximum Gasteiger partial charge on any atom is 0.437 e. The van der Waals surface area contributed by atoms with E-state index in [2.05, 4.69) is 50.1 Å². The number of rotatable bonds is 9. The number of para-hydroxylation sites is 1. The fraction of sp³-hybridized carbons (Fsp3) is 0.475. The van der Waals surface area contributed by atoms with Crippen molar-refractivity contribution < 1.29 is 41.5 Å². The molecule has 0 radical (unpaired) electrons. The summed E-state index contributed by atoms with van der Waals surface area (Å²) >= 11 is 0. The largest absolute Gasteiger partial charge is 0.493 e. The Kier molecular flexibility index (Phi) is 12.6. The topological polar surface area (TPSA) is 132 Å². The molecule has 0 spiro atoms. The number of alkyl halides is 3. The smallest absolute Gasteiger partial charge is 0.437 e. The quantitative estimate of drug-likeness (QED) is 0.0973. The molecule has 0 aliphatic carbocycles. The van der Waals surface area contributed by atoms with Gasteiger partial charge in [-0.2, -0.15) is 18.2 Å². The van der Waals surface area contributed by atoms with Crippen LogP contribution in [0.25, 0.3) is 11.4 Å². The minimum absolute atomic E-state index is 0.0604. The Bertz CT molecular complexity index is 1910. The first-order chi connectivity index (χ1) is 25.9. The Morgan fingerprint density at radius 1 is 1.07 bits per heavy atom. The number of aliphatic imine (C=N–C) groups is 1. The molecule has 296 valence electrons. The van der Waals surface area contributed by atoms with Crippen LogP contribution >= 0.6 is 0 Å². The van der Waals surface area contributed by atoms with Crippen LogP contribution in [0.15, 0.2) is 76.4 Å². The number of aryl methyl sites for hydroxylation is 1. The molecule has 1 saturated heterocycles. The SMILES string of the molecule is C=CCN1C(CCCOc2ccc(-c3noc([C@@H]4CCCN4C(=NC(=O)OC(C)(C)C)NC(=O)OC(C)(C)C)n3)cc2C(F)(F)F)=CCCc2ccccc21. The molecule has 5 rings (SSSR count). The second kappa shape index (κ2) is 17.0. The minimum atomic E-state index is -4.73. The highest BCUT2D eigenvalue weighted by atomic mass is 19.4. The van der Waals surface area contributed by atoms with Gasteiger partial charge in [-0.05, 0) is 110 Å². The van der Waals surface area contributed by atoms with E-state index >= 15 is 0 Å². The monoisotopic (exact) mass is 766 g/mol. The zero-order chi connectivity index (χ0) is 40.0. The molecule has 1 aromatic heterocycles. The van der Waals surface area contributed by atoms with Crippen molar-refractivity contribution in [1.29, 1.82) is 0 Å². The zero-order valence-corrected chi connectivity index (χ0v) is 32.2. The maximum absolute atomic E-state index is 14.4. The Balaban J connectivity index is 1.31. The summed E-state index contributed by atoms with van der Waals surface area (Å²) in [6.07, 6.45) is 1.41. The van der Waals surface area contributed by atoms with Crippen LogP contribution in [0.1, 0.15) is 96.7 Å². The van der Waals surface area contributed by atoms with Gasteiger partial charge in [0.2, 0.25) is 17.7 Å². The number of benzene rings is 2. The zero-order valence-electron chi connectivity index (χ0n) is 32.2. The molecular weight excluding hydrogens is 717 g/mol. The average molecular weight is 767 g/mol. The minimum Gasteiger partial charge on any atom is -0.493 e. The number of hydrogen-bond acceptors (Lipinski definition) is 9. The second-order valence-corrected chi connectivity index (χ2v) is 15.3. The second-order valence-electron chi connectivity index (χ2n) is 15.3. The van der Waals surface area contributed by atoms with Crippen molar-refractivity contribution in [2.24, 2.45) is 4.99 Å². The molecule has 2 amide bonds. The van der Waals surface area contributed by atoms with Crippen molar-refractivity contribution in [2.75, 3.05) is 24.6 Å². The Hall–Kier alpha value is -5.34. The van der Waals surface area contributed by atoms with Gasteiger partial charge in [0.05, 0.1) is 12.2 Å². The molecule has 15 heteroatoms. The van der Waals surface area contributed by atoms with E-state index in [1.807, 2.05) is 18.2 Å². The summed E-state index contributed by atoms with van der Waals surface area (Å²) in [4.78, 5) is 37.7. The number of nitrogens with zero attached hydrogens (tertiary/aromatic N) is 5. The number of amides is 2. The van der Waals surface area contributed by atoms with Crippen molar-refractivity contribution in [3.05, 3.63) is 83.9 Å². The number of carbonyl (C=O) groups excluding carboxylic acids is 2. The first kappa shape index (κ1) is 40.8. The number of halogens is 3. The number of likely N-dealkylation sites (tertiary alicyclic amines) is 1. The Labute approximate surface area is 319 Å². The van der Waals surface area contributed by atoms with E-state index < -0.39 is 41.2 Å². The summed E-state index contributed by atoms with van der Waals surface area (Å²) in [6.45, 7) is 15.0. The third kappa shape index (κ3) is 11.1. The molecule has 55 heavy (non-hydrogen) atoms. The van der Waals surface area contributed by atoms with Gasteiger partial charge in [-0.1, -0.05) is 35.5 Å². The molecule has 2 aromatic carbocycles. The van der Waals surface area contributed by atoms with E-state index in [1.165, 1.54) is 17.7 Å². The molecular formula is C40H49F3N6O6. The Morgan fingerprint density at radius 2 is 1.82 bits per heavy atom. The van der Waals surface area contributed by atoms with E-state index in [0.717, 1.165) is 30.3 Å². The highest BCUT2D eigenvalue weighted by molar-refractivity contribution is 5.99. The number of hydrogen-bond donors (Lipinski definition) is 1. The Morgan fingerprint density at radius 3 is 2.53 bits per heavy atom. The predicted octanol–water partition coefficient (Wildman–Crippen LogP) is 9.39. The van der Waals surface area contributed by atoms with Gasteiger partial charge in [-0.3, -0.25) is 5.32 Å². The molecule has 0 unspecified atom stereocenters. The fourth-order valence-corrected chi connectivity index (χ4v) is 6.37. The van der Waals surface area contributed by atoms with E-state index in [-0.39, 0.29) is 35.6 Å². The van der Waals surface area contributed by atoms with Crippen LogP contribution in [0.5, 0.6) is 5.75 Å². The van der Waals surface area contributed by atoms with E-state index in [0.29, 0.717) is 38.8 Å². The van der Waals surface area contributed by atoms with Crippen molar-refractivity contribution in [3.8, 4) is 17.1 Å². The van der Waals surface area contributed by atoms with Gasteiger partial charge in [0.15, 0.2) is 0 Å². The molecule has 3 heterocycles. The summed E-state index contributed by atoms with van der Waals surface area (Å²) in [5, 5.41) is 6.52. The average Bonchev–Trinajstić information content (AvgIpc) is 3.73. The van der Waals surface area contributed by atoms with Crippen LogP contribution in [0, 0.1) is 0 Å². The molecule has 12 nitrogen and oxygen atoms in total. The lowest BCUT2D eigenvalue weighted by Gasteiger charge is -2.27. The van der Waals surface area contributed by atoms with Crippen LogP contribution in [-0.4, -0.2) is 64.1 Å². The summed E-state index contributed by atoms with van der Waals surface area (Å²) in [6, 6.07) is 11.2. The fourth-order valence-electron chi connectivity index (χ4n) is 6.37. The van der Waals surface area contributed by atoms with Gasteiger partial charge in [0.25, 0.3) is 0 Å². The van der Waals surface area contributed by atoms with Crippen LogP contribution in [0.3, 0.4) is 0 Å². The van der Waals surface area contributed by atoms with E-state index in [4.69, 9.17) is 18.7 Å². The van der Waals surface area contributed by atoms with Crippen LogP contribution in [0.4, 0.5) is 28.4 Å². The summed E-state index contributed by atoms with van der Waals surface area (Å²) in [7, 11) is 0. The third-order valence-corrected chi connectivity index (χ3v) is 8.57. The van der Waals surface area contributed by atoms with Crippen LogP contribution in [0.2, 0.25) is 0 Å². The number of allylic oxidation sites excluding steroid dienone is 2. The van der Waals surface area contributed by atoms with Crippen molar-refractivity contribution in [3.63, 3.8) is 0 Å². The van der Waals surface area contributed by atoms with Gasteiger partial charge in [-0.25, -0.2) is 9.59 Å². The van der Waals surface area contributed by atoms with Gasteiger partial charge in [0.1, 0.15) is 23.0 Å². The summed E-state index contributed by atoms with van der Waals surface area (Å²) in [5.74, 6) is -0.473. The molecule has 1 atom stereocenters. The van der Waals surface area contributed by atoms with Gasteiger partial charge < -0.3 is 28.5 Å². The molecule has 3 aromatic rings. The lowest BCUT2D eigenvalue weighted by atomic mass is 10.1. The lowest BCUT2D eigenvalue weighted by molar-refractivity contribution is -0.138. The number of anilines is 1. The van der Waals surface area contributed by atoms with Gasteiger partial charge in [-0.15, -0.1) is 11.6 Å². The molecule has 1 N–H and O–H groups in total. The van der Waals surface area contributed by atoms with Gasteiger partial charge in [0, 0.05) is 30.0 Å². The number of fused-ring (bicyclic) bond motifs is 1. The van der Waals surface area contributed by atoms with E-state index in [1.54, 1.807) is 46.4 Å².